The lowest BCUT2D eigenvalue weighted by Crippen LogP contribution is -2.31. The van der Waals surface area contributed by atoms with Crippen LogP contribution in [0.25, 0.3) is 0 Å². The molecule has 0 aromatic heterocycles. The fourth-order valence-electron chi connectivity index (χ4n) is 3.56. The lowest BCUT2D eigenvalue weighted by molar-refractivity contribution is 0.301. The molecule has 1 nitrogen and oxygen atoms in total. The van der Waals surface area contributed by atoms with E-state index in [9.17, 15) is 0 Å². The van der Waals surface area contributed by atoms with Gasteiger partial charge in [0.2, 0.25) is 0 Å². The van der Waals surface area contributed by atoms with Gasteiger partial charge in [-0.2, -0.15) is 0 Å². The Morgan fingerprint density at radius 2 is 2.05 bits per heavy atom. The van der Waals surface area contributed by atoms with Crippen LogP contribution in [-0.2, 0) is 0 Å². The van der Waals surface area contributed by atoms with Crippen LogP contribution in [0.4, 0.5) is 0 Å². The van der Waals surface area contributed by atoms with Crippen molar-refractivity contribution in [2.45, 2.75) is 59.4 Å². The Bertz CT molecular complexity index is 410. The number of hydrogen-bond acceptors (Lipinski definition) is 1. The lowest BCUT2D eigenvalue weighted by atomic mass is 9.83. The zero-order valence-corrected chi connectivity index (χ0v) is 13.0. The second-order valence-electron chi connectivity index (χ2n) is 6.36. The predicted molar refractivity (Wildman–Crippen MR) is 83.5 cm³/mol. The topological polar surface area (TPSA) is 12.0 Å². The Hall–Kier alpha value is -0.820. The van der Waals surface area contributed by atoms with Crippen LogP contribution >= 0.6 is 0 Å². The quantitative estimate of drug-likeness (QED) is 0.802. The second-order valence-corrected chi connectivity index (χ2v) is 6.36. The third-order valence-corrected chi connectivity index (χ3v) is 4.74. The van der Waals surface area contributed by atoms with Gasteiger partial charge in [-0.25, -0.2) is 0 Å². The van der Waals surface area contributed by atoms with Crippen molar-refractivity contribution < 1.29 is 0 Å². The fourth-order valence-corrected chi connectivity index (χ4v) is 3.56. The van der Waals surface area contributed by atoms with Crippen LogP contribution in [0, 0.1) is 25.7 Å². The summed E-state index contributed by atoms with van der Waals surface area (Å²) in [4.78, 5) is 0. The van der Waals surface area contributed by atoms with Crippen LogP contribution in [0.2, 0.25) is 0 Å². The number of hydrogen-bond donors (Lipinski definition) is 1. The maximum Gasteiger partial charge on any atom is 0.0353 e. The van der Waals surface area contributed by atoms with Crippen molar-refractivity contribution >= 4 is 0 Å². The molecule has 3 unspecified atom stereocenters. The predicted octanol–water partition coefficient (Wildman–Crippen LogP) is 4.78. The molecule has 2 rings (SSSR count). The maximum absolute atomic E-state index is 3.83. The molecular formula is C18H29N. The lowest BCUT2D eigenvalue weighted by Gasteiger charge is -2.30. The molecule has 3 atom stereocenters. The van der Waals surface area contributed by atoms with Crippen molar-refractivity contribution in [2.24, 2.45) is 11.8 Å². The molecule has 1 aliphatic rings. The first-order valence-corrected chi connectivity index (χ1v) is 7.94. The fraction of sp³-hybridized carbons (Fsp3) is 0.667. The minimum atomic E-state index is 0.553. The van der Waals surface area contributed by atoms with E-state index in [0.29, 0.717) is 6.04 Å². The summed E-state index contributed by atoms with van der Waals surface area (Å²) >= 11 is 0. The highest BCUT2D eigenvalue weighted by atomic mass is 14.9. The van der Waals surface area contributed by atoms with Gasteiger partial charge in [-0.3, -0.25) is 0 Å². The van der Waals surface area contributed by atoms with Crippen LogP contribution in [0.1, 0.15) is 62.3 Å². The van der Waals surface area contributed by atoms with E-state index in [-0.39, 0.29) is 0 Å². The molecular weight excluding hydrogens is 230 g/mol. The summed E-state index contributed by atoms with van der Waals surface area (Å²) in [5.74, 6) is 1.67. The standard InChI is InChI=1S/C18H29N/c1-5-11-19-18(16-8-6-7-14(16)3)17-12-13(2)9-10-15(17)4/h9-10,12,14,16,18-19H,5-8,11H2,1-4H3. The van der Waals surface area contributed by atoms with Gasteiger partial charge in [0.15, 0.2) is 0 Å². The summed E-state index contributed by atoms with van der Waals surface area (Å²) in [6, 6.07) is 7.46. The normalized spacial score (nSPS) is 24.6. The van der Waals surface area contributed by atoms with Gasteiger partial charge in [-0.15, -0.1) is 0 Å². The third kappa shape index (κ3) is 3.39. The highest BCUT2D eigenvalue weighted by molar-refractivity contribution is 5.33. The zero-order valence-electron chi connectivity index (χ0n) is 13.0. The molecule has 0 aliphatic heterocycles. The van der Waals surface area contributed by atoms with E-state index in [4.69, 9.17) is 0 Å². The van der Waals surface area contributed by atoms with Crippen molar-refractivity contribution in [1.29, 1.82) is 0 Å². The first kappa shape index (κ1) is 14.6. The molecule has 1 aliphatic carbocycles. The largest absolute Gasteiger partial charge is 0.310 e. The number of benzene rings is 1. The van der Waals surface area contributed by atoms with Crippen molar-refractivity contribution in [3.05, 3.63) is 34.9 Å². The average molecular weight is 259 g/mol. The summed E-state index contributed by atoms with van der Waals surface area (Å²) in [6.45, 7) is 10.3. The van der Waals surface area contributed by atoms with Crippen LogP contribution in [0.15, 0.2) is 18.2 Å². The molecule has 0 radical (unpaired) electrons. The summed E-state index contributed by atoms with van der Waals surface area (Å²) in [5.41, 5.74) is 4.36. The van der Waals surface area contributed by atoms with E-state index in [2.05, 4.69) is 51.2 Å². The van der Waals surface area contributed by atoms with Crippen LogP contribution in [0.5, 0.6) is 0 Å². The van der Waals surface area contributed by atoms with Gasteiger partial charge in [-0.1, -0.05) is 50.5 Å². The summed E-state index contributed by atoms with van der Waals surface area (Å²) in [6.07, 6.45) is 5.40. The van der Waals surface area contributed by atoms with Gasteiger partial charge >= 0.3 is 0 Å². The second kappa shape index (κ2) is 6.56. The molecule has 0 amide bonds. The molecule has 19 heavy (non-hydrogen) atoms. The van der Waals surface area contributed by atoms with E-state index < -0.39 is 0 Å². The Labute approximate surface area is 118 Å². The smallest absolute Gasteiger partial charge is 0.0353 e. The molecule has 106 valence electrons. The monoisotopic (exact) mass is 259 g/mol. The minimum Gasteiger partial charge on any atom is -0.310 e. The number of aryl methyl sites for hydroxylation is 2. The van der Waals surface area contributed by atoms with E-state index in [0.717, 1.165) is 18.4 Å². The first-order valence-electron chi connectivity index (χ1n) is 7.94. The SMILES string of the molecule is CCCNC(c1cc(C)ccc1C)C1CCCC1C. The highest BCUT2D eigenvalue weighted by Crippen LogP contribution is 2.41. The van der Waals surface area contributed by atoms with E-state index in [1.807, 2.05) is 0 Å². The van der Waals surface area contributed by atoms with E-state index >= 15 is 0 Å². The molecule has 1 saturated carbocycles. The summed E-state index contributed by atoms with van der Waals surface area (Å²) in [7, 11) is 0. The molecule has 1 N–H and O–H groups in total. The van der Waals surface area contributed by atoms with Gasteiger partial charge in [0.25, 0.3) is 0 Å². The zero-order chi connectivity index (χ0) is 13.8. The summed E-state index contributed by atoms with van der Waals surface area (Å²) < 4.78 is 0. The maximum atomic E-state index is 3.83. The van der Waals surface area contributed by atoms with Crippen LogP contribution in [0.3, 0.4) is 0 Å². The van der Waals surface area contributed by atoms with Crippen molar-refractivity contribution in [1.82, 2.24) is 5.32 Å². The van der Waals surface area contributed by atoms with Gasteiger partial charge in [0.1, 0.15) is 0 Å². The molecule has 1 aromatic rings. The van der Waals surface area contributed by atoms with Gasteiger partial charge in [0, 0.05) is 6.04 Å². The Kier molecular flexibility index (Phi) is 5.04. The molecule has 0 bridgehead atoms. The molecule has 0 saturated heterocycles. The Morgan fingerprint density at radius 1 is 1.26 bits per heavy atom. The summed E-state index contributed by atoms with van der Waals surface area (Å²) in [5, 5.41) is 3.83. The van der Waals surface area contributed by atoms with Crippen molar-refractivity contribution in [3.63, 3.8) is 0 Å². The van der Waals surface area contributed by atoms with Crippen molar-refractivity contribution in [2.75, 3.05) is 6.54 Å². The number of nitrogens with one attached hydrogen (secondary N) is 1. The van der Waals surface area contributed by atoms with Gasteiger partial charge in [0.05, 0.1) is 0 Å². The molecule has 0 spiro atoms. The minimum absolute atomic E-state index is 0.553. The van der Waals surface area contributed by atoms with Gasteiger partial charge in [-0.05, 0) is 56.2 Å². The average Bonchev–Trinajstić information content (AvgIpc) is 2.80. The molecule has 0 heterocycles. The van der Waals surface area contributed by atoms with Gasteiger partial charge < -0.3 is 5.32 Å². The Morgan fingerprint density at radius 3 is 2.68 bits per heavy atom. The van der Waals surface area contributed by atoms with E-state index in [1.165, 1.54) is 42.4 Å². The first-order chi connectivity index (χ1) is 9.13. The molecule has 1 aromatic carbocycles. The van der Waals surface area contributed by atoms with Crippen molar-refractivity contribution in [3.8, 4) is 0 Å². The van der Waals surface area contributed by atoms with Crippen LogP contribution < -0.4 is 5.32 Å². The molecule has 1 heteroatoms. The highest BCUT2D eigenvalue weighted by Gasteiger charge is 2.32. The Balaban J connectivity index is 2.28. The van der Waals surface area contributed by atoms with E-state index in [1.54, 1.807) is 0 Å². The van der Waals surface area contributed by atoms with Crippen LogP contribution in [-0.4, -0.2) is 6.54 Å². The molecule has 1 fully saturated rings. The third-order valence-electron chi connectivity index (χ3n) is 4.74. The number of rotatable bonds is 5.